The van der Waals surface area contributed by atoms with Crippen molar-refractivity contribution in [1.82, 2.24) is 0 Å². The van der Waals surface area contributed by atoms with E-state index in [1.807, 2.05) is 5.57 Å². The molecule has 0 saturated heterocycles. The molecule has 0 aromatic rings. The standard InChI is InChI=1S/C20H32/c1-2-6-11-17(10-5-1)19-14-9-15-20(16-19)18-12-7-3-4-8-13-18/h9,14-15,17-19H,1-8,10-13,16H2. The fourth-order valence-electron chi connectivity index (χ4n) is 4.75. The molecule has 0 nitrogen and oxygen atoms in total. The molecule has 20 heavy (non-hydrogen) atoms. The second-order valence-electron chi connectivity index (χ2n) is 7.43. The Kier molecular flexibility index (Phi) is 5.39. The molecule has 0 amide bonds. The first-order valence-corrected chi connectivity index (χ1v) is 9.31. The van der Waals surface area contributed by atoms with E-state index in [0.717, 1.165) is 17.8 Å². The molecule has 112 valence electrons. The Bertz CT molecular complexity index is 333. The van der Waals surface area contributed by atoms with E-state index in [1.54, 1.807) is 0 Å². The predicted octanol–water partition coefficient (Wildman–Crippen LogP) is 6.43. The van der Waals surface area contributed by atoms with Crippen LogP contribution < -0.4 is 0 Å². The summed E-state index contributed by atoms with van der Waals surface area (Å²) in [6.07, 6.45) is 26.6. The van der Waals surface area contributed by atoms with Crippen LogP contribution in [0, 0.1) is 17.8 Å². The molecule has 3 aliphatic rings. The molecule has 0 aliphatic heterocycles. The molecule has 1 atom stereocenters. The van der Waals surface area contributed by atoms with Crippen LogP contribution in [-0.4, -0.2) is 0 Å². The molecule has 0 bridgehead atoms. The van der Waals surface area contributed by atoms with E-state index in [-0.39, 0.29) is 0 Å². The van der Waals surface area contributed by atoms with Gasteiger partial charge in [0.2, 0.25) is 0 Å². The van der Waals surface area contributed by atoms with Crippen molar-refractivity contribution in [2.45, 2.75) is 83.5 Å². The van der Waals surface area contributed by atoms with Crippen molar-refractivity contribution < 1.29 is 0 Å². The van der Waals surface area contributed by atoms with E-state index in [0.29, 0.717) is 0 Å². The Morgan fingerprint density at radius 3 is 1.95 bits per heavy atom. The van der Waals surface area contributed by atoms with Gasteiger partial charge in [-0.3, -0.25) is 0 Å². The second-order valence-corrected chi connectivity index (χ2v) is 7.43. The third-order valence-electron chi connectivity index (χ3n) is 6.02. The lowest BCUT2D eigenvalue weighted by Crippen LogP contribution is -2.17. The quantitative estimate of drug-likeness (QED) is 0.508. The van der Waals surface area contributed by atoms with E-state index >= 15 is 0 Å². The van der Waals surface area contributed by atoms with Crippen LogP contribution in [0.15, 0.2) is 23.8 Å². The summed E-state index contributed by atoms with van der Waals surface area (Å²) in [5.41, 5.74) is 1.81. The number of hydrogen-bond acceptors (Lipinski definition) is 0. The summed E-state index contributed by atoms with van der Waals surface area (Å²) < 4.78 is 0. The van der Waals surface area contributed by atoms with Crippen molar-refractivity contribution >= 4 is 0 Å². The maximum atomic E-state index is 2.54. The van der Waals surface area contributed by atoms with Gasteiger partial charge < -0.3 is 0 Å². The highest BCUT2D eigenvalue weighted by Gasteiger charge is 2.26. The van der Waals surface area contributed by atoms with Crippen molar-refractivity contribution in [2.24, 2.45) is 17.8 Å². The van der Waals surface area contributed by atoms with Crippen LogP contribution in [-0.2, 0) is 0 Å². The third-order valence-corrected chi connectivity index (χ3v) is 6.02. The first kappa shape index (κ1) is 14.4. The minimum absolute atomic E-state index is 0.872. The lowest BCUT2D eigenvalue weighted by molar-refractivity contribution is 0.334. The van der Waals surface area contributed by atoms with Crippen molar-refractivity contribution in [1.29, 1.82) is 0 Å². The van der Waals surface area contributed by atoms with Gasteiger partial charge >= 0.3 is 0 Å². The van der Waals surface area contributed by atoms with Crippen LogP contribution in [0.1, 0.15) is 83.5 Å². The molecule has 0 heteroatoms. The van der Waals surface area contributed by atoms with E-state index in [2.05, 4.69) is 18.2 Å². The Labute approximate surface area is 125 Å². The fraction of sp³-hybridized carbons (Fsp3) is 0.800. The zero-order valence-corrected chi connectivity index (χ0v) is 13.2. The average molecular weight is 272 g/mol. The highest BCUT2D eigenvalue weighted by atomic mass is 14.3. The molecule has 0 N–H and O–H groups in total. The maximum absolute atomic E-state index is 2.54. The van der Waals surface area contributed by atoms with Gasteiger partial charge in [-0.2, -0.15) is 0 Å². The number of hydrogen-bond donors (Lipinski definition) is 0. The van der Waals surface area contributed by atoms with Crippen LogP contribution in [0.4, 0.5) is 0 Å². The normalized spacial score (nSPS) is 30.6. The summed E-state index contributed by atoms with van der Waals surface area (Å²) in [6, 6.07) is 0. The van der Waals surface area contributed by atoms with E-state index < -0.39 is 0 Å². The molecule has 2 fully saturated rings. The Balaban J connectivity index is 1.60. The molecule has 3 rings (SSSR count). The first-order chi connectivity index (χ1) is 9.93. The summed E-state index contributed by atoms with van der Waals surface area (Å²) in [7, 11) is 0. The highest BCUT2D eigenvalue weighted by Crippen LogP contribution is 2.39. The summed E-state index contributed by atoms with van der Waals surface area (Å²) in [5.74, 6) is 2.79. The first-order valence-electron chi connectivity index (χ1n) is 9.31. The Morgan fingerprint density at radius 2 is 1.30 bits per heavy atom. The maximum Gasteiger partial charge on any atom is -0.0165 e. The van der Waals surface area contributed by atoms with Crippen molar-refractivity contribution in [2.75, 3.05) is 0 Å². The second kappa shape index (κ2) is 7.48. The van der Waals surface area contributed by atoms with Gasteiger partial charge in [0.05, 0.1) is 0 Å². The molecule has 0 heterocycles. The van der Waals surface area contributed by atoms with Gasteiger partial charge in [-0.1, -0.05) is 75.2 Å². The van der Waals surface area contributed by atoms with Gasteiger partial charge in [0, 0.05) is 0 Å². The zero-order valence-electron chi connectivity index (χ0n) is 13.2. The topological polar surface area (TPSA) is 0 Å². The number of allylic oxidation sites excluding steroid dienone is 4. The molecule has 3 aliphatic carbocycles. The smallest absolute Gasteiger partial charge is 0.0165 e. The third kappa shape index (κ3) is 3.77. The monoisotopic (exact) mass is 272 g/mol. The highest BCUT2D eigenvalue weighted by molar-refractivity contribution is 5.22. The van der Waals surface area contributed by atoms with Crippen LogP contribution in [0.5, 0.6) is 0 Å². The SMILES string of the molecule is C1=CC(C2CCCCCC2)CC(C2CCCCCC2)=C1. The van der Waals surface area contributed by atoms with Crippen LogP contribution in [0.2, 0.25) is 0 Å². The van der Waals surface area contributed by atoms with Gasteiger partial charge in [-0.05, 0) is 49.9 Å². The molecular weight excluding hydrogens is 240 g/mol. The van der Waals surface area contributed by atoms with Crippen LogP contribution >= 0.6 is 0 Å². The number of rotatable bonds is 2. The molecule has 0 aromatic heterocycles. The summed E-state index contributed by atoms with van der Waals surface area (Å²) in [5, 5.41) is 0. The fourth-order valence-corrected chi connectivity index (χ4v) is 4.75. The van der Waals surface area contributed by atoms with Crippen LogP contribution in [0.3, 0.4) is 0 Å². The molecule has 2 saturated carbocycles. The van der Waals surface area contributed by atoms with Crippen molar-refractivity contribution in [3.63, 3.8) is 0 Å². The van der Waals surface area contributed by atoms with E-state index in [9.17, 15) is 0 Å². The Hall–Kier alpha value is -0.520. The molecule has 0 aromatic carbocycles. The minimum atomic E-state index is 0.872. The lowest BCUT2D eigenvalue weighted by atomic mass is 9.76. The summed E-state index contributed by atoms with van der Waals surface area (Å²) >= 11 is 0. The molecule has 0 spiro atoms. The summed E-state index contributed by atoms with van der Waals surface area (Å²) in [6.45, 7) is 0. The molecule has 1 unspecified atom stereocenters. The van der Waals surface area contributed by atoms with Crippen LogP contribution in [0.25, 0.3) is 0 Å². The van der Waals surface area contributed by atoms with Gasteiger partial charge in [-0.15, -0.1) is 0 Å². The van der Waals surface area contributed by atoms with Gasteiger partial charge in [0.1, 0.15) is 0 Å². The zero-order chi connectivity index (χ0) is 13.6. The average Bonchev–Trinajstić information content (AvgIpc) is 2.92. The summed E-state index contributed by atoms with van der Waals surface area (Å²) in [4.78, 5) is 0. The van der Waals surface area contributed by atoms with Gasteiger partial charge in [0.25, 0.3) is 0 Å². The molecular formula is C20H32. The van der Waals surface area contributed by atoms with Gasteiger partial charge in [-0.25, -0.2) is 0 Å². The van der Waals surface area contributed by atoms with Crippen molar-refractivity contribution in [3.05, 3.63) is 23.8 Å². The lowest BCUT2D eigenvalue weighted by Gasteiger charge is -2.30. The minimum Gasteiger partial charge on any atom is -0.0808 e. The van der Waals surface area contributed by atoms with Crippen molar-refractivity contribution in [3.8, 4) is 0 Å². The predicted molar refractivity (Wildman–Crippen MR) is 87.7 cm³/mol. The van der Waals surface area contributed by atoms with Gasteiger partial charge in [0.15, 0.2) is 0 Å². The molecule has 0 radical (unpaired) electrons. The van der Waals surface area contributed by atoms with E-state index in [1.165, 1.54) is 83.5 Å². The Morgan fingerprint density at radius 1 is 0.700 bits per heavy atom. The largest absolute Gasteiger partial charge is 0.0808 e. The van der Waals surface area contributed by atoms with E-state index in [4.69, 9.17) is 0 Å².